The van der Waals surface area contributed by atoms with Crippen molar-refractivity contribution in [2.45, 2.75) is 50.8 Å². The SMILES string of the molecule is O=C1[C@@H]2[C@@H](CC(CO)=C3[C@@H](CC/C(=C/c4ccc(O)c5ccccc45)c4ccccn4)OC[C@@H]32)C(=O)N1C1CCN(Cc2ccccc2)CC1. The van der Waals surface area contributed by atoms with Gasteiger partial charge in [0, 0.05) is 43.2 Å². The summed E-state index contributed by atoms with van der Waals surface area (Å²) in [5.74, 6) is -0.961. The minimum atomic E-state index is -0.436. The molecule has 2 amide bonds. The number of phenols is 1. The third kappa shape index (κ3) is 6.06. The molecule has 0 bridgehead atoms. The molecule has 0 unspecified atom stereocenters. The van der Waals surface area contributed by atoms with Crippen LogP contribution in [-0.4, -0.2) is 75.3 Å². The Bertz CT molecular complexity index is 1950. The van der Waals surface area contributed by atoms with Crippen LogP contribution in [0.1, 0.15) is 48.9 Å². The van der Waals surface area contributed by atoms with Crippen LogP contribution in [-0.2, 0) is 20.9 Å². The van der Waals surface area contributed by atoms with Crippen LogP contribution in [0.2, 0.25) is 0 Å². The first-order valence-corrected chi connectivity index (χ1v) is 17.9. The number of fused-ring (bicyclic) bond motifs is 4. The van der Waals surface area contributed by atoms with Crippen LogP contribution >= 0.6 is 0 Å². The van der Waals surface area contributed by atoms with Crippen LogP contribution in [0.5, 0.6) is 5.75 Å². The quantitative estimate of drug-likeness (QED) is 0.161. The number of ether oxygens (including phenoxy) is 1. The van der Waals surface area contributed by atoms with Gasteiger partial charge in [0.25, 0.3) is 0 Å². The van der Waals surface area contributed by atoms with Gasteiger partial charge in [-0.15, -0.1) is 0 Å². The number of imide groups is 1. The van der Waals surface area contributed by atoms with E-state index in [2.05, 4.69) is 40.2 Å². The number of aromatic nitrogens is 1. The van der Waals surface area contributed by atoms with Crippen molar-refractivity contribution in [1.29, 1.82) is 0 Å². The van der Waals surface area contributed by atoms with Crippen LogP contribution in [0.15, 0.2) is 102 Å². The Morgan fingerprint density at radius 2 is 1.64 bits per heavy atom. The first kappa shape index (κ1) is 32.6. The molecule has 3 aliphatic heterocycles. The van der Waals surface area contributed by atoms with Gasteiger partial charge in [0.2, 0.25) is 11.8 Å². The molecule has 3 fully saturated rings. The van der Waals surface area contributed by atoms with Gasteiger partial charge in [-0.05, 0) is 89.6 Å². The maximum absolute atomic E-state index is 14.2. The predicted molar refractivity (Wildman–Crippen MR) is 192 cm³/mol. The summed E-state index contributed by atoms with van der Waals surface area (Å²) in [6.45, 7) is 2.79. The van der Waals surface area contributed by atoms with Crippen molar-refractivity contribution in [2.24, 2.45) is 17.8 Å². The second kappa shape index (κ2) is 13.9. The van der Waals surface area contributed by atoms with Gasteiger partial charge >= 0.3 is 0 Å². The van der Waals surface area contributed by atoms with Crippen molar-refractivity contribution in [3.05, 3.63) is 119 Å². The van der Waals surface area contributed by atoms with Gasteiger partial charge in [0.05, 0.1) is 36.8 Å². The molecule has 4 aliphatic rings. The summed E-state index contributed by atoms with van der Waals surface area (Å²) in [5, 5.41) is 22.8. The Morgan fingerprint density at radius 1 is 0.880 bits per heavy atom. The van der Waals surface area contributed by atoms with E-state index in [-0.39, 0.29) is 42.2 Å². The largest absolute Gasteiger partial charge is 0.507 e. The van der Waals surface area contributed by atoms with Gasteiger partial charge in [0.15, 0.2) is 0 Å². The number of carbonyl (C=O) groups excluding carboxylic acids is 2. The number of amides is 2. The minimum Gasteiger partial charge on any atom is -0.507 e. The molecule has 8 rings (SSSR count). The number of allylic oxidation sites excluding steroid dienone is 1. The molecule has 1 aromatic heterocycles. The third-order valence-corrected chi connectivity index (χ3v) is 11.3. The molecule has 8 nitrogen and oxygen atoms in total. The van der Waals surface area contributed by atoms with E-state index in [1.807, 2.05) is 54.6 Å². The number of carbonyl (C=O) groups is 2. The molecule has 2 N–H and O–H groups in total. The van der Waals surface area contributed by atoms with Crippen molar-refractivity contribution in [3.8, 4) is 5.75 Å². The molecular weight excluding hydrogens is 626 g/mol. The highest BCUT2D eigenvalue weighted by Crippen LogP contribution is 2.50. The second-order valence-corrected chi connectivity index (χ2v) is 14.2. The van der Waals surface area contributed by atoms with Gasteiger partial charge in [-0.3, -0.25) is 24.4 Å². The molecule has 1 aliphatic carbocycles. The van der Waals surface area contributed by atoms with Crippen LogP contribution in [0, 0.1) is 17.8 Å². The van der Waals surface area contributed by atoms with Crippen LogP contribution in [0.3, 0.4) is 0 Å². The number of pyridine rings is 1. The normalized spacial score (nSPS) is 24.7. The minimum absolute atomic E-state index is 0.0569. The fourth-order valence-corrected chi connectivity index (χ4v) is 8.91. The van der Waals surface area contributed by atoms with Crippen LogP contribution in [0.25, 0.3) is 22.4 Å². The average Bonchev–Trinajstić information content (AvgIpc) is 3.69. The first-order valence-electron chi connectivity index (χ1n) is 17.9. The van der Waals surface area contributed by atoms with E-state index in [9.17, 15) is 19.8 Å². The highest BCUT2D eigenvalue weighted by Gasteiger charge is 2.58. The molecule has 0 saturated carbocycles. The Hall–Kier alpha value is -4.63. The van der Waals surface area contributed by atoms with Crippen molar-refractivity contribution < 1.29 is 24.5 Å². The van der Waals surface area contributed by atoms with E-state index in [0.29, 0.717) is 25.9 Å². The first-order chi connectivity index (χ1) is 24.5. The van der Waals surface area contributed by atoms with E-state index in [1.165, 1.54) is 5.56 Å². The Labute approximate surface area is 292 Å². The summed E-state index contributed by atoms with van der Waals surface area (Å²) in [7, 11) is 0. The number of aliphatic hydroxyl groups is 1. The zero-order valence-corrected chi connectivity index (χ0v) is 28.2. The highest BCUT2D eigenvalue weighted by molar-refractivity contribution is 6.06. The fourth-order valence-electron chi connectivity index (χ4n) is 8.91. The van der Waals surface area contributed by atoms with Crippen molar-refractivity contribution >= 4 is 34.2 Å². The lowest BCUT2D eigenvalue weighted by Crippen LogP contribution is -2.47. The smallest absolute Gasteiger partial charge is 0.234 e. The molecule has 256 valence electrons. The maximum atomic E-state index is 14.2. The number of rotatable bonds is 9. The maximum Gasteiger partial charge on any atom is 0.234 e. The van der Waals surface area contributed by atoms with E-state index in [1.54, 1.807) is 17.2 Å². The standard InChI is InChI=1S/C42H43N3O5/c46-25-30-23-34-40(42(49)45(41(34)48)31-17-20-44(21-18-31)24-27-8-2-1-3-9-27)35-26-50-38(39(30)35)16-14-29(36-12-6-7-19-43-36)22-28-13-15-37(47)33-11-5-4-10-32(28)33/h1-13,15,19,22,31,34-35,38,40,46-47H,14,16-18,20-21,23-26H2/b29-22-/t34-,35+,38-,40-/m1/s1. The molecule has 4 aromatic rings. The lowest BCUT2D eigenvalue weighted by Gasteiger charge is -2.36. The summed E-state index contributed by atoms with van der Waals surface area (Å²) in [5.41, 5.74) is 6.03. The zero-order valence-electron chi connectivity index (χ0n) is 28.2. The Morgan fingerprint density at radius 3 is 2.40 bits per heavy atom. The van der Waals surface area contributed by atoms with Gasteiger partial charge in [-0.1, -0.05) is 66.7 Å². The lowest BCUT2D eigenvalue weighted by molar-refractivity contribution is -0.144. The Balaban J connectivity index is 1.000. The fraction of sp³-hybridized carbons (Fsp3) is 0.357. The lowest BCUT2D eigenvalue weighted by atomic mass is 9.69. The van der Waals surface area contributed by atoms with Gasteiger partial charge < -0.3 is 14.9 Å². The molecule has 3 aromatic carbocycles. The molecule has 0 radical (unpaired) electrons. The molecular formula is C42H43N3O5. The molecule has 8 heteroatoms. The monoisotopic (exact) mass is 669 g/mol. The van der Waals surface area contributed by atoms with E-state index in [4.69, 9.17) is 4.74 Å². The van der Waals surface area contributed by atoms with Crippen LogP contribution in [0.4, 0.5) is 0 Å². The zero-order chi connectivity index (χ0) is 34.2. The topological polar surface area (TPSA) is 103 Å². The summed E-state index contributed by atoms with van der Waals surface area (Å²) >= 11 is 0. The highest BCUT2D eigenvalue weighted by atomic mass is 16.5. The van der Waals surface area contributed by atoms with Crippen molar-refractivity contribution in [1.82, 2.24) is 14.8 Å². The van der Waals surface area contributed by atoms with Gasteiger partial charge in [-0.25, -0.2) is 0 Å². The van der Waals surface area contributed by atoms with Crippen molar-refractivity contribution in [3.63, 3.8) is 0 Å². The predicted octanol–water partition coefficient (Wildman–Crippen LogP) is 6.23. The summed E-state index contributed by atoms with van der Waals surface area (Å²) < 4.78 is 6.46. The molecule has 3 saturated heterocycles. The number of hydrogen-bond acceptors (Lipinski definition) is 7. The summed E-state index contributed by atoms with van der Waals surface area (Å²) in [6, 6.07) is 27.7. The van der Waals surface area contributed by atoms with Gasteiger partial charge in [-0.2, -0.15) is 0 Å². The van der Waals surface area contributed by atoms with Crippen LogP contribution < -0.4 is 0 Å². The number of aliphatic hydroxyl groups excluding tert-OH is 1. The number of hydrogen-bond donors (Lipinski definition) is 2. The van der Waals surface area contributed by atoms with Crippen molar-refractivity contribution in [2.75, 3.05) is 26.3 Å². The Kier molecular flexibility index (Phi) is 9.08. The number of piperidine rings is 1. The average molecular weight is 670 g/mol. The van der Waals surface area contributed by atoms with E-state index >= 15 is 0 Å². The molecule has 0 spiro atoms. The molecule has 4 atom stereocenters. The summed E-state index contributed by atoms with van der Waals surface area (Å²) in [4.78, 5) is 36.8. The van der Waals surface area contributed by atoms with E-state index < -0.39 is 11.8 Å². The summed E-state index contributed by atoms with van der Waals surface area (Å²) in [6.07, 6.45) is 6.93. The van der Waals surface area contributed by atoms with E-state index in [0.717, 1.165) is 71.2 Å². The number of likely N-dealkylation sites (tertiary alicyclic amines) is 2. The van der Waals surface area contributed by atoms with Gasteiger partial charge in [0.1, 0.15) is 5.75 Å². The number of nitrogens with zero attached hydrogens (tertiary/aromatic N) is 3. The number of aromatic hydroxyl groups is 1. The molecule has 4 heterocycles. The number of phenolic OH excluding ortho intramolecular Hbond substituents is 1. The third-order valence-electron chi connectivity index (χ3n) is 11.3. The second-order valence-electron chi connectivity index (χ2n) is 14.2. The molecule has 50 heavy (non-hydrogen) atoms. The number of benzene rings is 3.